The number of nitrogen functional groups attached to an aromatic ring is 1. The van der Waals surface area contributed by atoms with Gasteiger partial charge >= 0.3 is 0 Å². The summed E-state index contributed by atoms with van der Waals surface area (Å²) in [4.78, 5) is 20.5. The molecule has 3 aromatic rings. The second-order valence-electron chi connectivity index (χ2n) is 8.89. The standard InChI is InChI=1S/C22H22N2OS2/c23-20-18(17-2-1-5-26-17)15-3-4-16(24-21(15)27-20)19(25)22-9-12-6-13(10-22)8-14(7-12)11-22/h1-5,12-14H,6-11,23H2. The van der Waals surface area contributed by atoms with Crippen molar-refractivity contribution in [2.75, 3.05) is 5.73 Å². The number of anilines is 1. The summed E-state index contributed by atoms with van der Waals surface area (Å²) in [5.41, 5.74) is 7.92. The molecule has 0 spiro atoms. The highest BCUT2D eigenvalue weighted by Crippen LogP contribution is 2.61. The topological polar surface area (TPSA) is 56.0 Å². The fourth-order valence-electron chi connectivity index (χ4n) is 6.46. The quantitative estimate of drug-likeness (QED) is 0.554. The largest absolute Gasteiger partial charge is 0.390 e. The molecule has 0 unspecified atom stereocenters. The highest BCUT2D eigenvalue weighted by Gasteiger charge is 2.54. The summed E-state index contributed by atoms with van der Waals surface area (Å²) in [5, 5.41) is 3.93. The van der Waals surface area contributed by atoms with Crippen LogP contribution < -0.4 is 5.73 Å². The molecule has 0 aliphatic heterocycles. The molecule has 7 rings (SSSR count). The number of Topliss-reactive ketones (excluding diaryl/α,β-unsaturated/α-hetero) is 1. The summed E-state index contributed by atoms with van der Waals surface area (Å²) in [6.07, 6.45) is 7.32. The molecule has 2 N–H and O–H groups in total. The van der Waals surface area contributed by atoms with E-state index in [9.17, 15) is 4.79 Å². The molecule has 0 atom stereocenters. The molecular formula is C22H22N2OS2. The first-order valence-electron chi connectivity index (χ1n) is 9.89. The van der Waals surface area contributed by atoms with Gasteiger partial charge in [0.1, 0.15) is 10.5 Å². The minimum atomic E-state index is -0.130. The van der Waals surface area contributed by atoms with Crippen molar-refractivity contribution < 1.29 is 4.79 Å². The van der Waals surface area contributed by atoms with Crippen LogP contribution in [0.25, 0.3) is 20.7 Å². The molecule has 4 aliphatic rings. The monoisotopic (exact) mass is 394 g/mol. The first-order valence-corrected chi connectivity index (χ1v) is 11.6. The van der Waals surface area contributed by atoms with E-state index in [1.807, 2.05) is 12.1 Å². The Morgan fingerprint density at radius 3 is 2.41 bits per heavy atom. The van der Waals surface area contributed by atoms with Crippen LogP contribution in [-0.2, 0) is 0 Å². The Balaban J connectivity index is 1.41. The van der Waals surface area contributed by atoms with Gasteiger partial charge < -0.3 is 5.73 Å². The Kier molecular flexibility index (Phi) is 3.40. The van der Waals surface area contributed by atoms with Gasteiger partial charge in [0.2, 0.25) is 0 Å². The van der Waals surface area contributed by atoms with E-state index in [4.69, 9.17) is 10.7 Å². The number of ketones is 1. The lowest BCUT2D eigenvalue weighted by Crippen LogP contribution is -2.50. The first kappa shape index (κ1) is 16.3. The van der Waals surface area contributed by atoms with Crippen LogP contribution in [0.1, 0.15) is 49.0 Å². The summed E-state index contributed by atoms with van der Waals surface area (Å²) < 4.78 is 0. The molecule has 3 aromatic heterocycles. The van der Waals surface area contributed by atoms with Crippen LogP contribution in [0.2, 0.25) is 0 Å². The van der Waals surface area contributed by atoms with Crippen LogP contribution in [0.4, 0.5) is 5.00 Å². The Morgan fingerprint density at radius 1 is 1.07 bits per heavy atom. The molecule has 0 radical (unpaired) electrons. The SMILES string of the molecule is Nc1sc2nc(C(=O)C34CC5CC(CC(C5)C3)C4)ccc2c1-c1cccs1. The van der Waals surface area contributed by atoms with Gasteiger partial charge in [0, 0.05) is 21.2 Å². The van der Waals surface area contributed by atoms with Crippen molar-refractivity contribution in [2.24, 2.45) is 23.2 Å². The third-order valence-corrected chi connectivity index (χ3v) is 8.92. The van der Waals surface area contributed by atoms with Gasteiger partial charge in [0.05, 0.1) is 5.00 Å². The molecular weight excluding hydrogens is 372 g/mol. The molecule has 4 aliphatic carbocycles. The predicted molar refractivity (Wildman–Crippen MR) is 112 cm³/mol. The Bertz CT molecular complexity index is 1010. The maximum atomic E-state index is 13.6. The van der Waals surface area contributed by atoms with E-state index >= 15 is 0 Å². The molecule has 3 nitrogen and oxygen atoms in total. The van der Waals surface area contributed by atoms with Crippen molar-refractivity contribution >= 4 is 43.7 Å². The maximum absolute atomic E-state index is 13.6. The van der Waals surface area contributed by atoms with E-state index in [0.29, 0.717) is 11.5 Å². The minimum absolute atomic E-state index is 0.130. The molecule has 0 amide bonds. The summed E-state index contributed by atoms with van der Waals surface area (Å²) in [5.74, 6) is 2.61. The fourth-order valence-corrected chi connectivity index (χ4v) is 8.28. The number of carbonyl (C=O) groups excluding carboxylic acids is 1. The molecule has 0 aromatic carbocycles. The zero-order valence-electron chi connectivity index (χ0n) is 15.1. The van der Waals surface area contributed by atoms with Crippen molar-refractivity contribution in [2.45, 2.75) is 38.5 Å². The predicted octanol–water partition coefficient (Wildman–Crippen LogP) is 6.01. The first-order chi connectivity index (χ1) is 13.1. The zero-order valence-corrected chi connectivity index (χ0v) is 16.7. The molecule has 4 saturated carbocycles. The normalized spacial score (nSPS) is 31.6. The number of hydrogen-bond acceptors (Lipinski definition) is 5. The van der Waals surface area contributed by atoms with Gasteiger partial charge in [0.25, 0.3) is 0 Å². The van der Waals surface area contributed by atoms with Crippen LogP contribution >= 0.6 is 22.7 Å². The molecule has 138 valence electrons. The number of carbonyl (C=O) groups is 1. The molecule has 4 fully saturated rings. The summed E-state index contributed by atoms with van der Waals surface area (Å²) >= 11 is 3.20. The van der Waals surface area contributed by atoms with Gasteiger partial charge in [0.15, 0.2) is 5.78 Å². The summed E-state index contributed by atoms with van der Waals surface area (Å²) in [6, 6.07) is 8.16. The summed E-state index contributed by atoms with van der Waals surface area (Å²) in [6.45, 7) is 0. The number of nitrogens with two attached hydrogens (primary N) is 1. The van der Waals surface area contributed by atoms with E-state index in [0.717, 1.165) is 57.8 Å². The number of hydrogen-bond donors (Lipinski definition) is 1. The lowest BCUT2D eigenvalue weighted by molar-refractivity contribution is -0.0355. The second-order valence-corrected chi connectivity index (χ2v) is 10.9. The molecule has 0 saturated heterocycles. The molecule has 27 heavy (non-hydrogen) atoms. The van der Waals surface area contributed by atoms with E-state index in [1.165, 1.54) is 35.5 Å². The van der Waals surface area contributed by atoms with Crippen LogP contribution in [0.3, 0.4) is 0 Å². The van der Waals surface area contributed by atoms with E-state index in [1.54, 1.807) is 11.3 Å². The second kappa shape index (κ2) is 5.65. The van der Waals surface area contributed by atoms with Crippen LogP contribution in [0, 0.1) is 23.2 Å². The Hall–Kier alpha value is -1.72. The van der Waals surface area contributed by atoms with Crippen LogP contribution in [-0.4, -0.2) is 10.8 Å². The zero-order chi connectivity index (χ0) is 18.2. The number of rotatable bonds is 3. The van der Waals surface area contributed by atoms with E-state index < -0.39 is 0 Å². The van der Waals surface area contributed by atoms with Gasteiger partial charge in [-0.3, -0.25) is 4.79 Å². The number of aromatic nitrogens is 1. The average Bonchev–Trinajstić information content (AvgIpc) is 3.25. The highest BCUT2D eigenvalue weighted by molar-refractivity contribution is 7.23. The molecule has 5 heteroatoms. The minimum Gasteiger partial charge on any atom is -0.390 e. The van der Waals surface area contributed by atoms with E-state index in [2.05, 4.69) is 17.5 Å². The van der Waals surface area contributed by atoms with Crippen LogP contribution in [0.15, 0.2) is 29.6 Å². The highest BCUT2D eigenvalue weighted by atomic mass is 32.1. The van der Waals surface area contributed by atoms with Crippen molar-refractivity contribution in [1.29, 1.82) is 0 Å². The number of nitrogens with zero attached hydrogens (tertiary/aromatic N) is 1. The Morgan fingerprint density at radius 2 is 1.78 bits per heavy atom. The van der Waals surface area contributed by atoms with Gasteiger partial charge in [-0.15, -0.1) is 11.3 Å². The lowest BCUT2D eigenvalue weighted by atomic mass is 9.48. The lowest BCUT2D eigenvalue weighted by Gasteiger charge is -2.55. The van der Waals surface area contributed by atoms with Gasteiger partial charge in [-0.2, -0.15) is 0 Å². The molecule has 3 heterocycles. The van der Waals surface area contributed by atoms with Crippen LogP contribution in [0.5, 0.6) is 0 Å². The van der Waals surface area contributed by atoms with Crippen molar-refractivity contribution in [1.82, 2.24) is 4.98 Å². The van der Waals surface area contributed by atoms with Crippen molar-refractivity contribution in [3.63, 3.8) is 0 Å². The van der Waals surface area contributed by atoms with Crippen molar-refractivity contribution in [3.8, 4) is 10.4 Å². The Labute approximate surface area is 166 Å². The average molecular weight is 395 g/mol. The van der Waals surface area contributed by atoms with E-state index in [-0.39, 0.29) is 5.41 Å². The molecule has 4 bridgehead atoms. The maximum Gasteiger partial charge on any atom is 0.187 e. The van der Waals surface area contributed by atoms with Crippen molar-refractivity contribution in [3.05, 3.63) is 35.3 Å². The third kappa shape index (κ3) is 2.37. The fraction of sp³-hybridized carbons (Fsp3) is 0.455. The number of thiophene rings is 2. The van der Waals surface area contributed by atoms with Gasteiger partial charge in [-0.1, -0.05) is 17.4 Å². The van der Waals surface area contributed by atoms with Gasteiger partial charge in [-0.05, 0) is 79.9 Å². The third-order valence-electron chi connectivity index (χ3n) is 7.10. The number of fused-ring (bicyclic) bond motifs is 1. The number of pyridine rings is 1. The summed E-state index contributed by atoms with van der Waals surface area (Å²) in [7, 11) is 0. The van der Waals surface area contributed by atoms with Gasteiger partial charge in [-0.25, -0.2) is 4.98 Å². The smallest absolute Gasteiger partial charge is 0.187 e.